The number of fused-ring (bicyclic) bond motifs is 2. The smallest absolute Gasteiger partial charge is 0.330 e. The van der Waals surface area contributed by atoms with E-state index in [1.165, 1.54) is 32.8 Å². The average Bonchev–Trinajstić information content (AvgIpc) is 3.51. The zero-order chi connectivity index (χ0) is 30.4. The van der Waals surface area contributed by atoms with Crippen molar-refractivity contribution in [2.24, 2.45) is 0 Å². The number of rotatable bonds is 9. The minimum atomic E-state index is -3.99. The van der Waals surface area contributed by atoms with Gasteiger partial charge in [0, 0.05) is 10.1 Å². The van der Waals surface area contributed by atoms with Crippen molar-refractivity contribution in [2.45, 2.75) is 47.6 Å². The number of nitrogens with one attached hydrogen (secondary N) is 1. The summed E-state index contributed by atoms with van der Waals surface area (Å²) in [5, 5.41) is 2.94. The predicted octanol–water partition coefficient (Wildman–Crippen LogP) is 3.55. The van der Waals surface area contributed by atoms with E-state index in [1.807, 2.05) is 19.9 Å². The number of ether oxygens (including phenoxy) is 2. The summed E-state index contributed by atoms with van der Waals surface area (Å²) in [6.45, 7) is 3.10. The van der Waals surface area contributed by atoms with Crippen molar-refractivity contribution in [3.63, 3.8) is 0 Å². The molecular formula is C31H29N3O7S2. The number of hydrogen-bond donors (Lipinski definition) is 1. The molecule has 43 heavy (non-hydrogen) atoms. The first-order valence-corrected chi connectivity index (χ1v) is 15.9. The third-order valence-electron chi connectivity index (χ3n) is 7.48. The quantitative estimate of drug-likeness (QED) is 0.223. The highest BCUT2D eigenvalue weighted by Crippen LogP contribution is 2.51. The molecule has 10 nitrogen and oxygen atoms in total. The monoisotopic (exact) mass is 619 g/mol. The van der Waals surface area contributed by atoms with E-state index in [1.54, 1.807) is 72.8 Å². The lowest BCUT2D eigenvalue weighted by Gasteiger charge is -2.43. The molecule has 2 saturated heterocycles. The van der Waals surface area contributed by atoms with E-state index >= 15 is 0 Å². The van der Waals surface area contributed by atoms with Crippen molar-refractivity contribution in [2.75, 3.05) is 6.61 Å². The Kier molecular flexibility index (Phi) is 7.43. The summed E-state index contributed by atoms with van der Waals surface area (Å²) in [7, 11) is -3.99. The summed E-state index contributed by atoms with van der Waals surface area (Å²) in [6, 6.07) is 23.9. The van der Waals surface area contributed by atoms with Gasteiger partial charge in [-0.1, -0.05) is 54.6 Å². The fraction of sp³-hybridized carbons (Fsp3) is 0.258. The van der Waals surface area contributed by atoms with Crippen LogP contribution in [0.3, 0.4) is 0 Å². The highest BCUT2D eigenvalue weighted by atomic mass is 32.2. The molecule has 3 atom stereocenters. The number of para-hydroxylation sites is 2. The van der Waals surface area contributed by atoms with E-state index in [0.717, 1.165) is 0 Å². The van der Waals surface area contributed by atoms with E-state index in [2.05, 4.69) is 5.32 Å². The van der Waals surface area contributed by atoms with Crippen LogP contribution in [0.25, 0.3) is 10.9 Å². The van der Waals surface area contributed by atoms with Gasteiger partial charge in [-0.2, -0.15) is 0 Å². The Hall–Kier alpha value is -4.29. The number of hydrogen-bond acceptors (Lipinski definition) is 8. The first-order valence-electron chi connectivity index (χ1n) is 13.6. The molecule has 0 saturated carbocycles. The standard InChI is InChI=1S/C31H29N3O7S2/c1-31(2)27(33-28(36)26(29(33)42-31)32-25(35)19-40-22-12-5-3-6-13-22)30(37)41-18-21-17-20-11-9-10-16-24(20)34(21)43(38,39)23-14-7-4-8-15-23/h3-17,26-27,29H,18-19H2,1-2H3,(H,32,35)/t26-,27?,29-/m1/s1. The van der Waals surface area contributed by atoms with Crippen LogP contribution >= 0.6 is 11.8 Å². The number of carbonyl (C=O) groups is 3. The number of amides is 2. The molecule has 0 aliphatic carbocycles. The third kappa shape index (κ3) is 5.25. The number of nitrogens with zero attached hydrogens (tertiary/aromatic N) is 2. The van der Waals surface area contributed by atoms with Crippen molar-refractivity contribution < 1.29 is 32.3 Å². The molecule has 2 aliphatic rings. The molecule has 0 bridgehead atoms. The van der Waals surface area contributed by atoms with Gasteiger partial charge in [-0.25, -0.2) is 17.2 Å². The van der Waals surface area contributed by atoms with Crippen molar-refractivity contribution in [1.82, 2.24) is 14.2 Å². The number of esters is 1. The Balaban J connectivity index is 1.16. The SMILES string of the molecule is CC1(C)S[C@@H]2[C@H](NC(=O)COc3ccccc3)C(=O)N2C1C(=O)OCc1cc2ccccc2n1S(=O)(=O)c1ccccc1. The van der Waals surface area contributed by atoms with E-state index < -0.39 is 44.1 Å². The highest BCUT2D eigenvalue weighted by molar-refractivity contribution is 8.01. The van der Waals surface area contributed by atoms with Gasteiger partial charge in [0.15, 0.2) is 6.61 Å². The van der Waals surface area contributed by atoms with Crippen LogP contribution in [0.4, 0.5) is 0 Å². The molecule has 6 rings (SSSR count). The second-order valence-corrected chi connectivity index (χ2v) is 14.3. The van der Waals surface area contributed by atoms with Crippen LogP contribution in [-0.4, -0.2) is 63.9 Å². The van der Waals surface area contributed by atoms with Gasteiger partial charge in [0.1, 0.15) is 29.8 Å². The zero-order valence-electron chi connectivity index (χ0n) is 23.4. The molecule has 1 aromatic heterocycles. The Labute approximate surface area is 253 Å². The third-order valence-corrected chi connectivity index (χ3v) is 10.8. The number of β-lactam (4-membered cyclic amide) rings is 1. The lowest BCUT2D eigenvalue weighted by Crippen LogP contribution is -2.71. The summed E-state index contributed by atoms with van der Waals surface area (Å²) < 4.78 is 39.0. The molecule has 12 heteroatoms. The maximum atomic E-state index is 13.7. The van der Waals surface area contributed by atoms with Gasteiger partial charge >= 0.3 is 5.97 Å². The molecule has 2 amide bonds. The minimum Gasteiger partial charge on any atom is -0.484 e. The molecular weight excluding hydrogens is 590 g/mol. The molecule has 4 aromatic rings. The van der Waals surface area contributed by atoms with Crippen molar-refractivity contribution in [3.05, 3.63) is 96.7 Å². The normalized spacial score (nSPS) is 20.7. The molecule has 3 heterocycles. The first kappa shape index (κ1) is 28.8. The van der Waals surface area contributed by atoms with Crippen LogP contribution in [0, 0.1) is 0 Å². The highest BCUT2D eigenvalue weighted by Gasteiger charge is 2.64. The Morgan fingerprint density at radius 2 is 1.60 bits per heavy atom. The molecule has 3 aromatic carbocycles. The average molecular weight is 620 g/mol. The predicted molar refractivity (Wildman–Crippen MR) is 161 cm³/mol. The van der Waals surface area contributed by atoms with Crippen molar-refractivity contribution >= 4 is 50.5 Å². The van der Waals surface area contributed by atoms with Crippen molar-refractivity contribution in [3.8, 4) is 5.75 Å². The topological polar surface area (TPSA) is 124 Å². The molecule has 0 radical (unpaired) electrons. The summed E-state index contributed by atoms with van der Waals surface area (Å²) in [6.07, 6.45) is 0. The maximum Gasteiger partial charge on any atom is 0.330 e. The maximum absolute atomic E-state index is 13.7. The molecule has 2 aliphatic heterocycles. The molecule has 0 spiro atoms. The van der Waals surface area contributed by atoms with Crippen LogP contribution in [0.2, 0.25) is 0 Å². The van der Waals surface area contributed by atoms with E-state index in [-0.39, 0.29) is 29.7 Å². The number of aromatic nitrogens is 1. The largest absolute Gasteiger partial charge is 0.484 e. The lowest BCUT2D eigenvalue weighted by atomic mass is 9.96. The molecule has 1 N–H and O–H groups in total. The second kappa shape index (κ2) is 11.1. The van der Waals surface area contributed by atoms with Gasteiger partial charge in [-0.15, -0.1) is 11.8 Å². The Bertz CT molecular complexity index is 1810. The molecule has 1 unspecified atom stereocenters. The molecule has 2 fully saturated rings. The number of carbonyl (C=O) groups excluding carboxylic acids is 3. The van der Waals surface area contributed by atoms with Gasteiger partial charge in [0.25, 0.3) is 15.9 Å². The van der Waals surface area contributed by atoms with Crippen LogP contribution in [0.15, 0.2) is 95.9 Å². The van der Waals surface area contributed by atoms with Gasteiger partial charge in [-0.05, 0) is 50.2 Å². The zero-order valence-corrected chi connectivity index (χ0v) is 25.0. The van der Waals surface area contributed by atoms with Crippen LogP contribution < -0.4 is 10.1 Å². The van der Waals surface area contributed by atoms with E-state index in [4.69, 9.17) is 9.47 Å². The Morgan fingerprint density at radius 1 is 0.953 bits per heavy atom. The van der Waals surface area contributed by atoms with Crippen LogP contribution in [0.1, 0.15) is 19.5 Å². The first-order chi connectivity index (χ1) is 20.6. The summed E-state index contributed by atoms with van der Waals surface area (Å²) in [4.78, 5) is 40.7. The Morgan fingerprint density at radius 3 is 2.33 bits per heavy atom. The number of thioether (sulfide) groups is 1. The van der Waals surface area contributed by atoms with Crippen LogP contribution in [-0.2, 0) is 35.8 Å². The van der Waals surface area contributed by atoms with E-state index in [9.17, 15) is 22.8 Å². The van der Waals surface area contributed by atoms with Gasteiger partial charge in [0.05, 0.1) is 16.1 Å². The fourth-order valence-electron chi connectivity index (χ4n) is 5.50. The summed E-state index contributed by atoms with van der Waals surface area (Å²) >= 11 is 1.40. The van der Waals surface area contributed by atoms with Crippen molar-refractivity contribution in [1.29, 1.82) is 0 Å². The summed E-state index contributed by atoms with van der Waals surface area (Å²) in [5.74, 6) is -0.953. The van der Waals surface area contributed by atoms with Gasteiger partial charge in [0.2, 0.25) is 5.91 Å². The number of benzene rings is 3. The summed E-state index contributed by atoms with van der Waals surface area (Å²) in [5.41, 5.74) is 0.735. The molecule has 222 valence electrons. The lowest BCUT2D eigenvalue weighted by molar-refractivity contribution is -0.165. The van der Waals surface area contributed by atoms with Crippen LogP contribution in [0.5, 0.6) is 5.75 Å². The second-order valence-electron chi connectivity index (χ2n) is 10.8. The van der Waals surface area contributed by atoms with Gasteiger partial charge < -0.3 is 19.7 Å². The van der Waals surface area contributed by atoms with E-state index in [0.29, 0.717) is 16.7 Å². The fourth-order valence-corrected chi connectivity index (χ4v) is 8.67. The van der Waals surface area contributed by atoms with Gasteiger partial charge in [-0.3, -0.25) is 9.59 Å². The minimum absolute atomic E-state index is 0.105.